The van der Waals surface area contributed by atoms with Gasteiger partial charge in [-0.2, -0.15) is 0 Å². The first kappa shape index (κ1) is 15.9. The molecule has 0 bridgehead atoms. The van der Waals surface area contributed by atoms with Gasteiger partial charge in [-0.1, -0.05) is 27.7 Å². The standard InChI is InChI=1S/C16H29N3S/c1-6-16(7-2)11-19(14(8-17-16)12(3)4)9-15-18-13(5)10-20-15/h10,12,14,17H,6-9,11H2,1-5H3. The maximum Gasteiger partial charge on any atom is 0.107 e. The molecule has 4 heteroatoms. The Morgan fingerprint density at radius 3 is 2.65 bits per heavy atom. The zero-order valence-electron chi connectivity index (χ0n) is 13.6. The van der Waals surface area contributed by atoms with Crippen LogP contribution in [-0.2, 0) is 6.54 Å². The number of aromatic nitrogens is 1. The van der Waals surface area contributed by atoms with Crippen molar-refractivity contribution in [3.63, 3.8) is 0 Å². The normalized spacial score (nSPS) is 23.4. The molecule has 0 radical (unpaired) electrons. The molecule has 0 aromatic carbocycles. The zero-order chi connectivity index (χ0) is 14.8. The highest BCUT2D eigenvalue weighted by atomic mass is 32.1. The van der Waals surface area contributed by atoms with Crippen LogP contribution in [0.3, 0.4) is 0 Å². The molecule has 1 aromatic rings. The molecular weight excluding hydrogens is 266 g/mol. The van der Waals surface area contributed by atoms with Crippen LogP contribution in [0.2, 0.25) is 0 Å². The van der Waals surface area contributed by atoms with E-state index in [-0.39, 0.29) is 5.54 Å². The maximum atomic E-state index is 4.65. The number of piperazine rings is 1. The lowest BCUT2D eigenvalue weighted by Crippen LogP contribution is -2.64. The molecule has 1 atom stereocenters. The molecule has 0 spiro atoms. The Morgan fingerprint density at radius 2 is 2.15 bits per heavy atom. The van der Waals surface area contributed by atoms with E-state index in [2.05, 4.69) is 55.2 Å². The van der Waals surface area contributed by atoms with E-state index in [0.29, 0.717) is 12.0 Å². The second kappa shape index (κ2) is 6.54. The molecule has 2 rings (SSSR count). The number of thiazole rings is 1. The second-order valence-corrected chi connectivity index (χ2v) is 7.41. The summed E-state index contributed by atoms with van der Waals surface area (Å²) in [6.07, 6.45) is 2.39. The van der Waals surface area contributed by atoms with Gasteiger partial charge >= 0.3 is 0 Å². The van der Waals surface area contributed by atoms with E-state index < -0.39 is 0 Å². The minimum atomic E-state index is 0.289. The van der Waals surface area contributed by atoms with Crippen LogP contribution in [0.4, 0.5) is 0 Å². The number of hydrogen-bond donors (Lipinski definition) is 1. The van der Waals surface area contributed by atoms with Gasteiger partial charge in [0.1, 0.15) is 5.01 Å². The van der Waals surface area contributed by atoms with E-state index >= 15 is 0 Å². The number of hydrogen-bond acceptors (Lipinski definition) is 4. The van der Waals surface area contributed by atoms with Crippen LogP contribution in [0.25, 0.3) is 0 Å². The zero-order valence-corrected chi connectivity index (χ0v) is 14.4. The fourth-order valence-electron chi connectivity index (χ4n) is 3.22. The number of nitrogens with zero attached hydrogens (tertiary/aromatic N) is 2. The molecule has 0 amide bonds. The summed E-state index contributed by atoms with van der Waals surface area (Å²) in [6.45, 7) is 14.6. The average molecular weight is 295 g/mol. The lowest BCUT2D eigenvalue weighted by Gasteiger charge is -2.48. The van der Waals surface area contributed by atoms with E-state index in [0.717, 1.165) is 25.3 Å². The predicted octanol–water partition coefficient (Wildman–Crippen LogP) is 3.44. The summed E-state index contributed by atoms with van der Waals surface area (Å²) >= 11 is 1.80. The van der Waals surface area contributed by atoms with Gasteiger partial charge < -0.3 is 5.32 Å². The summed E-state index contributed by atoms with van der Waals surface area (Å²) in [5, 5.41) is 7.25. The SMILES string of the molecule is CCC1(CC)CN(Cc2nc(C)cs2)C(C(C)C)CN1. The minimum Gasteiger partial charge on any atom is -0.308 e. The van der Waals surface area contributed by atoms with Crippen LogP contribution in [-0.4, -0.2) is 34.6 Å². The quantitative estimate of drug-likeness (QED) is 0.902. The highest BCUT2D eigenvalue weighted by Crippen LogP contribution is 2.27. The Bertz CT molecular complexity index is 423. The number of rotatable bonds is 5. The van der Waals surface area contributed by atoms with E-state index in [1.54, 1.807) is 11.3 Å². The Morgan fingerprint density at radius 1 is 1.45 bits per heavy atom. The molecule has 20 heavy (non-hydrogen) atoms. The van der Waals surface area contributed by atoms with Gasteiger partial charge in [0.25, 0.3) is 0 Å². The van der Waals surface area contributed by atoms with Crippen molar-refractivity contribution in [2.75, 3.05) is 13.1 Å². The van der Waals surface area contributed by atoms with Gasteiger partial charge in [-0.05, 0) is 25.7 Å². The van der Waals surface area contributed by atoms with Crippen molar-refractivity contribution in [2.24, 2.45) is 5.92 Å². The van der Waals surface area contributed by atoms with Gasteiger partial charge in [-0.25, -0.2) is 4.98 Å². The predicted molar refractivity (Wildman–Crippen MR) is 87.2 cm³/mol. The average Bonchev–Trinajstić information content (AvgIpc) is 2.83. The molecule has 1 N–H and O–H groups in total. The first-order valence-corrected chi connectivity index (χ1v) is 8.77. The van der Waals surface area contributed by atoms with Crippen LogP contribution in [0.1, 0.15) is 51.2 Å². The Kier molecular flexibility index (Phi) is 5.21. The van der Waals surface area contributed by atoms with E-state index in [9.17, 15) is 0 Å². The Labute approximate surface area is 127 Å². The van der Waals surface area contributed by atoms with Crippen LogP contribution in [0, 0.1) is 12.8 Å². The molecule has 0 saturated carbocycles. The number of nitrogens with one attached hydrogen (secondary N) is 1. The molecule has 3 nitrogen and oxygen atoms in total. The van der Waals surface area contributed by atoms with Crippen molar-refractivity contribution in [2.45, 2.75) is 65.6 Å². The molecule has 1 unspecified atom stereocenters. The molecule has 1 saturated heterocycles. The molecule has 0 aliphatic carbocycles. The monoisotopic (exact) mass is 295 g/mol. The summed E-state index contributed by atoms with van der Waals surface area (Å²) in [5.74, 6) is 0.676. The molecule has 114 valence electrons. The first-order valence-electron chi connectivity index (χ1n) is 7.89. The largest absolute Gasteiger partial charge is 0.308 e. The van der Waals surface area contributed by atoms with E-state index in [1.807, 2.05) is 0 Å². The summed E-state index contributed by atoms with van der Waals surface area (Å²) in [7, 11) is 0. The summed E-state index contributed by atoms with van der Waals surface area (Å²) < 4.78 is 0. The van der Waals surface area contributed by atoms with Gasteiger partial charge in [0.2, 0.25) is 0 Å². The third kappa shape index (κ3) is 3.41. The summed E-state index contributed by atoms with van der Waals surface area (Å²) in [5.41, 5.74) is 1.44. The van der Waals surface area contributed by atoms with Gasteiger partial charge in [-0.3, -0.25) is 4.90 Å². The fourth-order valence-corrected chi connectivity index (χ4v) is 4.01. The highest BCUT2D eigenvalue weighted by Gasteiger charge is 2.37. The third-order valence-corrected chi connectivity index (χ3v) is 5.74. The Balaban J connectivity index is 2.14. The van der Waals surface area contributed by atoms with Crippen LogP contribution in [0.5, 0.6) is 0 Å². The maximum absolute atomic E-state index is 4.65. The highest BCUT2D eigenvalue weighted by molar-refractivity contribution is 7.09. The molecule has 1 aliphatic rings. The lowest BCUT2D eigenvalue weighted by atomic mass is 9.86. The van der Waals surface area contributed by atoms with Crippen molar-refractivity contribution in [3.05, 3.63) is 16.1 Å². The molecule has 1 fully saturated rings. The van der Waals surface area contributed by atoms with Crippen molar-refractivity contribution >= 4 is 11.3 Å². The molecule has 1 aromatic heterocycles. The second-order valence-electron chi connectivity index (χ2n) is 6.47. The van der Waals surface area contributed by atoms with Crippen LogP contribution in [0.15, 0.2) is 5.38 Å². The van der Waals surface area contributed by atoms with Crippen molar-refractivity contribution < 1.29 is 0 Å². The fraction of sp³-hybridized carbons (Fsp3) is 0.812. The smallest absolute Gasteiger partial charge is 0.107 e. The topological polar surface area (TPSA) is 28.2 Å². The lowest BCUT2D eigenvalue weighted by molar-refractivity contribution is 0.0442. The van der Waals surface area contributed by atoms with Gasteiger partial charge in [-0.15, -0.1) is 11.3 Å². The number of aryl methyl sites for hydroxylation is 1. The Hall–Kier alpha value is -0.450. The van der Waals surface area contributed by atoms with Crippen molar-refractivity contribution in [1.29, 1.82) is 0 Å². The van der Waals surface area contributed by atoms with Crippen molar-refractivity contribution in [1.82, 2.24) is 15.2 Å². The van der Waals surface area contributed by atoms with Gasteiger partial charge in [0.15, 0.2) is 0 Å². The summed E-state index contributed by atoms with van der Waals surface area (Å²) in [6, 6.07) is 0.616. The molecule has 2 heterocycles. The van der Waals surface area contributed by atoms with Crippen molar-refractivity contribution in [3.8, 4) is 0 Å². The van der Waals surface area contributed by atoms with E-state index in [4.69, 9.17) is 0 Å². The molecular formula is C16H29N3S. The molecule has 1 aliphatic heterocycles. The third-order valence-electron chi connectivity index (χ3n) is 4.79. The van der Waals surface area contributed by atoms with Gasteiger partial charge in [0.05, 0.1) is 6.54 Å². The van der Waals surface area contributed by atoms with Crippen LogP contribution < -0.4 is 5.32 Å². The first-order chi connectivity index (χ1) is 9.49. The van der Waals surface area contributed by atoms with Gasteiger partial charge in [0, 0.05) is 35.7 Å². The van der Waals surface area contributed by atoms with Crippen LogP contribution >= 0.6 is 11.3 Å². The van der Waals surface area contributed by atoms with E-state index in [1.165, 1.54) is 17.8 Å². The minimum absolute atomic E-state index is 0.289. The summed E-state index contributed by atoms with van der Waals surface area (Å²) in [4.78, 5) is 7.31.